The fourth-order valence-corrected chi connectivity index (χ4v) is 4.39. The number of rotatable bonds is 8. The summed E-state index contributed by atoms with van der Waals surface area (Å²) in [6.45, 7) is 2.41. The maximum atomic E-state index is 11.9. The van der Waals surface area contributed by atoms with Gasteiger partial charge in [0.1, 0.15) is 15.6 Å². The zero-order valence-electron chi connectivity index (χ0n) is 11.7. The Morgan fingerprint density at radius 1 is 1.35 bits per heavy atom. The number of hydrogen-bond donors (Lipinski definition) is 1. The molecule has 0 aliphatic carbocycles. The second-order valence-electron chi connectivity index (χ2n) is 4.52. The summed E-state index contributed by atoms with van der Waals surface area (Å²) in [4.78, 5) is 0. The molecular weight excluding hydrogens is 298 g/mol. The van der Waals surface area contributed by atoms with Crippen molar-refractivity contribution in [1.82, 2.24) is 0 Å². The molecular formula is C13H21NO4S2. The van der Waals surface area contributed by atoms with Crippen molar-refractivity contribution in [2.24, 2.45) is 5.73 Å². The van der Waals surface area contributed by atoms with Crippen LogP contribution in [0.25, 0.3) is 0 Å². The highest BCUT2D eigenvalue weighted by atomic mass is 32.2. The monoisotopic (exact) mass is 319 g/mol. The molecule has 1 rings (SSSR count). The molecule has 0 amide bonds. The van der Waals surface area contributed by atoms with Crippen LogP contribution in [-0.2, 0) is 20.6 Å². The van der Waals surface area contributed by atoms with Crippen molar-refractivity contribution in [2.75, 3.05) is 30.1 Å². The van der Waals surface area contributed by atoms with E-state index < -0.39 is 26.7 Å². The molecule has 2 atom stereocenters. The van der Waals surface area contributed by atoms with E-state index in [-0.39, 0.29) is 17.3 Å². The lowest BCUT2D eigenvalue weighted by atomic mass is 10.1. The van der Waals surface area contributed by atoms with Crippen LogP contribution >= 0.6 is 0 Å². The molecule has 0 bridgehead atoms. The number of hydrogen-bond acceptors (Lipinski definition) is 5. The van der Waals surface area contributed by atoms with Crippen LogP contribution in [0.3, 0.4) is 0 Å². The third kappa shape index (κ3) is 6.02. The van der Waals surface area contributed by atoms with Crippen LogP contribution in [0.4, 0.5) is 0 Å². The third-order valence-corrected chi connectivity index (χ3v) is 5.26. The van der Waals surface area contributed by atoms with E-state index in [4.69, 9.17) is 10.5 Å². The van der Waals surface area contributed by atoms with Crippen LogP contribution in [0, 0.1) is 0 Å². The first-order valence-corrected chi connectivity index (χ1v) is 9.88. The summed E-state index contributed by atoms with van der Waals surface area (Å²) in [5, 5.41) is 0. The highest BCUT2D eigenvalue weighted by Crippen LogP contribution is 2.24. The average Bonchev–Trinajstić information content (AvgIpc) is 2.36. The molecule has 1 aromatic rings. The molecule has 7 heteroatoms. The summed E-state index contributed by atoms with van der Waals surface area (Å²) in [7, 11) is -4.36. The van der Waals surface area contributed by atoms with E-state index >= 15 is 0 Å². The lowest BCUT2D eigenvalue weighted by Gasteiger charge is -2.16. The molecule has 20 heavy (non-hydrogen) atoms. The summed E-state index contributed by atoms with van der Waals surface area (Å²) in [5.74, 6) is 0.935. The largest absolute Gasteiger partial charge is 0.494 e. The maximum Gasteiger partial charge on any atom is 0.148 e. The fourth-order valence-electron chi connectivity index (χ4n) is 1.69. The molecule has 0 aromatic heterocycles. The molecule has 0 heterocycles. The fraction of sp³-hybridized carbons (Fsp3) is 0.538. The second kappa shape index (κ2) is 7.75. The predicted molar refractivity (Wildman–Crippen MR) is 82.1 cm³/mol. The lowest BCUT2D eigenvalue weighted by molar-refractivity contribution is 0.335. The minimum Gasteiger partial charge on any atom is -0.494 e. The standard InChI is InChI=1S/C13H21NO4S2/c1-3-18-13-7-5-4-6-11(13)12(14)10-19(15)8-9-20(2,16)17/h4-7,12H,3,8-10,14H2,1-2H3. The van der Waals surface area contributed by atoms with Gasteiger partial charge in [-0.3, -0.25) is 4.21 Å². The van der Waals surface area contributed by atoms with Gasteiger partial charge in [-0.15, -0.1) is 0 Å². The van der Waals surface area contributed by atoms with Gasteiger partial charge < -0.3 is 10.5 Å². The Morgan fingerprint density at radius 2 is 2.00 bits per heavy atom. The van der Waals surface area contributed by atoms with Gasteiger partial charge in [0.15, 0.2) is 0 Å². The Bertz CT molecular complexity index is 557. The van der Waals surface area contributed by atoms with Crippen molar-refractivity contribution >= 4 is 20.6 Å². The van der Waals surface area contributed by atoms with E-state index in [0.29, 0.717) is 12.4 Å². The summed E-state index contributed by atoms with van der Waals surface area (Å²) in [6.07, 6.45) is 1.13. The van der Waals surface area contributed by atoms with Gasteiger partial charge in [-0.1, -0.05) is 18.2 Å². The van der Waals surface area contributed by atoms with Gasteiger partial charge in [-0.05, 0) is 13.0 Å². The number of para-hydroxylation sites is 1. The van der Waals surface area contributed by atoms with Gasteiger partial charge in [0.05, 0.1) is 12.4 Å². The molecule has 1 aromatic carbocycles. The first kappa shape index (κ1) is 17.1. The van der Waals surface area contributed by atoms with Crippen LogP contribution in [0.1, 0.15) is 18.5 Å². The van der Waals surface area contributed by atoms with E-state index in [1.807, 2.05) is 31.2 Å². The van der Waals surface area contributed by atoms with Crippen LogP contribution < -0.4 is 10.5 Å². The van der Waals surface area contributed by atoms with Crippen LogP contribution in [0.5, 0.6) is 5.75 Å². The summed E-state index contributed by atoms with van der Waals surface area (Å²) >= 11 is 0. The van der Waals surface area contributed by atoms with E-state index in [1.165, 1.54) is 0 Å². The topological polar surface area (TPSA) is 86.5 Å². The SMILES string of the molecule is CCOc1ccccc1C(N)CS(=O)CCS(C)(=O)=O. The summed E-state index contributed by atoms with van der Waals surface area (Å²) in [6, 6.07) is 6.92. The smallest absolute Gasteiger partial charge is 0.148 e. The van der Waals surface area contributed by atoms with Crippen molar-refractivity contribution in [1.29, 1.82) is 0 Å². The number of sulfone groups is 1. The average molecular weight is 319 g/mol. The predicted octanol–water partition coefficient (Wildman–Crippen LogP) is 0.878. The van der Waals surface area contributed by atoms with Crippen LogP contribution in [0.15, 0.2) is 24.3 Å². The molecule has 5 nitrogen and oxygen atoms in total. The number of nitrogens with two attached hydrogens (primary N) is 1. The first-order valence-electron chi connectivity index (χ1n) is 6.33. The van der Waals surface area contributed by atoms with E-state index in [1.54, 1.807) is 0 Å². The molecule has 0 spiro atoms. The van der Waals surface area contributed by atoms with Crippen LogP contribution in [0.2, 0.25) is 0 Å². The van der Waals surface area contributed by atoms with E-state index in [2.05, 4.69) is 0 Å². The molecule has 2 N–H and O–H groups in total. The van der Waals surface area contributed by atoms with Crippen molar-refractivity contribution < 1.29 is 17.4 Å². The van der Waals surface area contributed by atoms with E-state index in [0.717, 1.165) is 11.8 Å². The quantitative estimate of drug-likeness (QED) is 0.768. The van der Waals surface area contributed by atoms with Crippen LogP contribution in [-0.4, -0.2) is 42.7 Å². The normalized spacial score (nSPS) is 14.8. The zero-order valence-corrected chi connectivity index (χ0v) is 13.4. The van der Waals surface area contributed by atoms with Gasteiger partial charge >= 0.3 is 0 Å². The minimum atomic E-state index is -3.09. The Hall–Kier alpha value is -0.920. The molecule has 114 valence electrons. The minimum absolute atomic E-state index is 0.0839. The van der Waals surface area contributed by atoms with E-state index in [9.17, 15) is 12.6 Å². The Kier molecular flexibility index (Phi) is 6.64. The highest BCUT2D eigenvalue weighted by Gasteiger charge is 2.16. The Balaban J connectivity index is 2.66. The van der Waals surface area contributed by atoms with Crippen molar-refractivity contribution in [2.45, 2.75) is 13.0 Å². The molecule has 0 fully saturated rings. The summed E-state index contributed by atoms with van der Waals surface area (Å²) in [5.41, 5.74) is 6.84. The molecule has 0 aliphatic heterocycles. The first-order chi connectivity index (χ1) is 9.33. The third-order valence-electron chi connectivity index (χ3n) is 2.67. The van der Waals surface area contributed by atoms with Crippen molar-refractivity contribution in [3.05, 3.63) is 29.8 Å². The molecule has 0 saturated heterocycles. The molecule has 0 radical (unpaired) electrons. The number of ether oxygens (including phenoxy) is 1. The number of benzene rings is 1. The van der Waals surface area contributed by atoms with Gasteiger partial charge in [0.2, 0.25) is 0 Å². The molecule has 0 saturated carbocycles. The summed E-state index contributed by atoms with van der Waals surface area (Å²) < 4.78 is 39.4. The van der Waals surface area contributed by atoms with Gasteiger partial charge in [0, 0.05) is 40.2 Å². The van der Waals surface area contributed by atoms with Gasteiger partial charge in [-0.2, -0.15) is 0 Å². The van der Waals surface area contributed by atoms with Gasteiger partial charge in [-0.25, -0.2) is 8.42 Å². The molecule has 0 aliphatic rings. The highest BCUT2D eigenvalue weighted by molar-refractivity contribution is 7.92. The van der Waals surface area contributed by atoms with Crippen molar-refractivity contribution in [3.8, 4) is 5.75 Å². The zero-order chi connectivity index (χ0) is 15.2. The van der Waals surface area contributed by atoms with Gasteiger partial charge in [0.25, 0.3) is 0 Å². The maximum absolute atomic E-state index is 11.9. The molecule has 2 unspecified atom stereocenters. The van der Waals surface area contributed by atoms with Crippen molar-refractivity contribution in [3.63, 3.8) is 0 Å². The Labute approximate surface area is 122 Å². The second-order valence-corrected chi connectivity index (χ2v) is 8.40. The Morgan fingerprint density at radius 3 is 2.60 bits per heavy atom. The lowest BCUT2D eigenvalue weighted by Crippen LogP contribution is -2.22.